The average Bonchev–Trinajstić information content (AvgIpc) is 2.77. The van der Waals surface area contributed by atoms with Crippen LogP contribution in [0.15, 0.2) is 36.4 Å². The Morgan fingerprint density at radius 1 is 1.21 bits per heavy atom. The van der Waals surface area contributed by atoms with Crippen LogP contribution in [0.4, 0.5) is 0 Å². The first-order chi connectivity index (χ1) is 9.16. The molecule has 0 bridgehead atoms. The molecule has 0 spiro atoms. The third-order valence-corrected chi connectivity index (χ3v) is 2.80. The summed E-state index contributed by atoms with van der Waals surface area (Å²) in [5.41, 5.74) is 1.99. The van der Waals surface area contributed by atoms with Gasteiger partial charge in [0.05, 0.1) is 18.0 Å². The van der Waals surface area contributed by atoms with Gasteiger partial charge in [-0.2, -0.15) is 5.10 Å². The van der Waals surface area contributed by atoms with Crippen molar-refractivity contribution in [2.75, 3.05) is 27.2 Å². The van der Waals surface area contributed by atoms with Gasteiger partial charge >= 0.3 is 0 Å². The number of aryl methyl sites for hydroxylation is 1. The zero-order valence-electron chi connectivity index (χ0n) is 11.8. The molecule has 4 heteroatoms. The highest BCUT2D eigenvalue weighted by Gasteiger charge is 2.08. The second-order valence-electron chi connectivity index (χ2n) is 4.88. The van der Waals surface area contributed by atoms with E-state index >= 15 is 0 Å². The van der Waals surface area contributed by atoms with Crippen molar-refractivity contribution in [3.8, 4) is 11.6 Å². The van der Waals surface area contributed by atoms with E-state index < -0.39 is 0 Å². The molecule has 19 heavy (non-hydrogen) atoms. The van der Waals surface area contributed by atoms with Crippen LogP contribution in [0.5, 0.6) is 5.88 Å². The Bertz CT molecular complexity index is 505. The maximum absolute atomic E-state index is 5.84. The number of benzene rings is 1. The maximum Gasteiger partial charge on any atom is 0.216 e. The number of aromatic nitrogens is 2. The lowest BCUT2D eigenvalue weighted by Crippen LogP contribution is -2.16. The van der Waals surface area contributed by atoms with Crippen molar-refractivity contribution >= 4 is 0 Å². The van der Waals surface area contributed by atoms with Crippen LogP contribution in [-0.2, 0) is 0 Å². The van der Waals surface area contributed by atoms with Gasteiger partial charge in [0, 0.05) is 12.6 Å². The van der Waals surface area contributed by atoms with Gasteiger partial charge in [-0.05, 0) is 39.6 Å². The summed E-state index contributed by atoms with van der Waals surface area (Å²) in [5.74, 6) is 0.808. The summed E-state index contributed by atoms with van der Waals surface area (Å²) < 4.78 is 7.69. The Morgan fingerprint density at radius 2 is 1.95 bits per heavy atom. The summed E-state index contributed by atoms with van der Waals surface area (Å²) in [6, 6.07) is 12.0. The van der Waals surface area contributed by atoms with Gasteiger partial charge in [-0.3, -0.25) is 0 Å². The van der Waals surface area contributed by atoms with Crippen LogP contribution in [0.3, 0.4) is 0 Å². The maximum atomic E-state index is 5.84. The molecule has 1 heterocycles. The number of rotatable bonds is 6. The minimum Gasteiger partial charge on any atom is -0.478 e. The minimum absolute atomic E-state index is 0.705. The van der Waals surface area contributed by atoms with Crippen LogP contribution in [0, 0.1) is 6.92 Å². The SMILES string of the molecule is Cc1cc(OCCCN(C)C)n(-c2ccccc2)n1. The summed E-state index contributed by atoms with van der Waals surface area (Å²) in [5, 5.41) is 4.48. The van der Waals surface area contributed by atoms with E-state index in [-0.39, 0.29) is 0 Å². The molecule has 0 aliphatic rings. The molecule has 0 radical (unpaired) electrons. The zero-order valence-corrected chi connectivity index (χ0v) is 11.8. The monoisotopic (exact) mass is 259 g/mol. The molecule has 2 rings (SSSR count). The average molecular weight is 259 g/mol. The predicted octanol–water partition coefficient (Wildman–Crippen LogP) is 2.51. The molecule has 0 fully saturated rings. The van der Waals surface area contributed by atoms with Gasteiger partial charge in [-0.25, -0.2) is 4.68 Å². The number of hydrogen-bond donors (Lipinski definition) is 0. The number of hydrogen-bond acceptors (Lipinski definition) is 3. The summed E-state index contributed by atoms with van der Waals surface area (Å²) in [7, 11) is 4.14. The summed E-state index contributed by atoms with van der Waals surface area (Å²) in [6.07, 6.45) is 1.01. The fraction of sp³-hybridized carbons (Fsp3) is 0.400. The predicted molar refractivity (Wildman–Crippen MR) is 77.0 cm³/mol. The molecule has 0 amide bonds. The molecule has 0 aliphatic carbocycles. The van der Waals surface area contributed by atoms with E-state index in [0.29, 0.717) is 6.61 Å². The molecule has 0 saturated heterocycles. The number of nitrogens with zero attached hydrogens (tertiary/aromatic N) is 3. The van der Waals surface area contributed by atoms with Crippen LogP contribution in [0.1, 0.15) is 12.1 Å². The number of ether oxygens (including phenoxy) is 1. The summed E-state index contributed by atoms with van der Waals surface area (Å²) in [6.45, 7) is 3.71. The lowest BCUT2D eigenvalue weighted by atomic mass is 10.3. The molecule has 0 N–H and O–H groups in total. The topological polar surface area (TPSA) is 30.3 Å². The molecule has 102 valence electrons. The van der Waals surface area contributed by atoms with Crippen molar-refractivity contribution in [2.24, 2.45) is 0 Å². The van der Waals surface area contributed by atoms with Gasteiger partial charge in [0.15, 0.2) is 0 Å². The molecule has 2 aromatic rings. The molecular formula is C15H21N3O. The highest BCUT2D eigenvalue weighted by molar-refractivity contribution is 5.35. The molecule has 1 aromatic heterocycles. The van der Waals surface area contributed by atoms with Crippen LogP contribution in [0.25, 0.3) is 5.69 Å². The van der Waals surface area contributed by atoms with E-state index in [1.807, 2.05) is 48.0 Å². The van der Waals surface area contributed by atoms with Gasteiger partial charge in [0.25, 0.3) is 0 Å². The van der Waals surface area contributed by atoms with Crippen LogP contribution in [-0.4, -0.2) is 41.9 Å². The van der Waals surface area contributed by atoms with E-state index in [0.717, 1.165) is 30.2 Å². The summed E-state index contributed by atoms with van der Waals surface area (Å²) >= 11 is 0. The van der Waals surface area contributed by atoms with Gasteiger partial charge in [-0.15, -0.1) is 0 Å². The largest absolute Gasteiger partial charge is 0.478 e. The molecule has 0 aliphatic heterocycles. The molecule has 1 aromatic carbocycles. The third kappa shape index (κ3) is 3.83. The van der Waals surface area contributed by atoms with Crippen molar-refractivity contribution < 1.29 is 4.74 Å². The Kier molecular flexibility index (Phi) is 4.58. The minimum atomic E-state index is 0.705. The summed E-state index contributed by atoms with van der Waals surface area (Å²) in [4.78, 5) is 2.16. The molecule has 0 saturated carbocycles. The molecule has 4 nitrogen and oxygen atoms in total. The Labute approximate surface area is 114 Å². The molecule has 0 unspecified atom stereocenters. The fourth-order valence-corrected chi connectivity index (χ4v) is 1.89. The smallest absolute Gasteiger partial charge is 0.216 e. The van der Waals surface area contributed by atoms with E-state index in [1.54, 1.807) is 0 Å². The Morgan fingerprint density at radius 3 is 2.63 bits per heavy atom. The van der Waals surface area contributed by atoms with Gasteiger partial charge in [-0.1, -0.05) is 18.2 Å². The Balaban J connectivity index is 2.05. The first-order valence-electron chi connectivity index (χ1n) is 6.56. The van der Waals surface area contributed by atoms with Gasteiger partial charge < -0.3 is 9.64 Å². The zero-order chi connectivity index (χ0) is 13.7. The highest BCUT2D eigenvalue weighted by atomic mass is 16.5. The highest BCUT2D eigenvalue weighted by Crippen LogP contribution is 2.19. The van der Waals surface area contributed by atoms with Crippen molar-refractivity contribution in [1.29, 1.82) is 0 Å². The second kappa shape index (κ2) is 6.38. The first kappa shape index (κ1) is 13.6. The standard InChI is InChI=1S/C15H21N3O/c1-13-12-15(19-11-7-10-17(2)3)18(16-13)14-8-5-4-6-9-14/h4-6,8-9,12H,7,10-11H2,1-3H3. The second-order valence-corrected chi connectivity index (χ2v) is 4.88. The van der Waals surface area contributed by atoms with Crippen molar-refractivity contribution in [3.05, 3.63) is 42.1 Å². The van der Waals surface area contributed by atoms with E-state index in [9.17, 15) is 0 Å². The van der Waals surface area contributed by atoms with Gasteiger partial charge in [0.1, 0.15) is 0 Å². The third-order valence-electron chi connectivity index (χ3n) is 2.80. The molecule has 0 atom stereocenters. The van der Waals surface area contributed by atoms with Crippen LogP contribution < -0.4 is 4.74 Å². The Hall–Kier alpha value is -1.81. The van der Waals surface area contributed by atoms with E-state index in [1.165, 1.54) is 0 Å². The first-order valence-corrected chi connectivity index (χ1v) is 6.56. The van der Waals surface area contributed by atoms with Crippen molar-refractivity contribution in [2.45, 2.75) is 13.3 Å². The van der Waals surface area contributed by atoms with Gasteiger partial charge in [0.2, 0.25) is 5.88 Å². The van der Waals surface area contributed by atoms with Crippen LogP contribution >= 0.6 is 0 Å². The normalized spacial score (nSPS) is 10.9. The van der Waals surface area contributed by atoms with E-state index in [2.05, 4.69) is 24.1 Å². The van der Waals surface area contributed by atoms with Crippen molar-refractivity contribution in [3.63, 3.8) is 0 Å². The quantitative estimate of drug-likeness (QED) is 0.747. The van der Waals surface area contributed by atoms with Crippen molar-refractivity contribution in [1.82, 2.24) is 14.7 Å². The van der Waals surface area contributed by atoms with E-state index in [4.69, 9.17) is 4.74 Å². The molecular weight excluding hydrogens is 238 g/mol. The van der Waals surface area contributed by atoms with Crippen LogP contribution in [0.2, 0.25) is 0 Å². The lowest BCUT2D eigenvalue weighted by molar-refractivity contribution is 0.267. The number of para-hydroxylation sites is 1. The lowest BCUT2D eigenvalue weighted by Gasteiger charge is -2.11. The fourth-order valence-electron chi connectivity index (χ4n) is 1.89.